The maximum absolute atomic E-state index is 13.1. The molecule has 0 aliphatic rings. The van der Waals surface area contributed by atoms with E-state index in [1.54, 1.807) is 0 Å². The molecule has 0 heterocycles. The van der Waals surface area contributed by atoms with Crippen LogP contribution in [-0.2, 0) is 65.4 Å². The Bertz CT molecular complexity index is 1870. The standard InChI is InChI=1S/C79H154O17P2/c1-6-9-12-15-18-20-22-24-26-28-29-30-31-32-33-35-37-39-44-49-54-59-64-78(83)96-75(69-90-77(82)63-58-53-48-43-38-36-34-27-25-23-21-19-16-13-10-7-2)71-94-98(87,88)92-67-73(80)66-91-97(85,86)93-70-74(68-89-76(81)62-57-52-46-17-14-11-8-3)95-79(84)65-60-55-50-45-41-40-42-47-51-56-61-72(4)5/h72-75,80H,6-71H2,1-5H3,(H,85,86)(H,87,88)/t73-,74+,75+/m0/s1. The summed E-state index contributed by atoms with van der Waals surface area (Å²) in [6.45, 7) is 7.26. The van der Waals surface area contributed by atoms with Crippen LogP contribution in [0.5, 0.6) is 0 Å². The molecular weight excluding hydrogens is 1280 g/mol. The number of hydrogen-bond donors (Lipinski definition) is 3. The van der Waals surface area contributed by atoms with E-state index < -0.39 is 97.5 Å². The van der Waals surface area contributed by atoms with Crippen LogP contribution in [0.1, 0.15) is 420 Å². The van der Waals surface area contributed by atoms with Crippen LogP contribution in [0.3, 0.4) is 0 Å². The van der Waals surface area contributed by atoms with Gasteiger partial charge < -0.3 is 33.8 Å². The molecule has 0 fully saturated rings. The lowest BCUT2D eigenvalue weighted by Gasteiger charge is -2.21. The van der Waals surface area contributed by atoms with E-state index in [4.69, 9.17) is 37.0 Å². The summed E-state index contributed by atoms with van der Waals surface area (Å²) >= 11 is 0. The lowest BCUT2D eigenvalue weighted by Crippen LogP contribution is -2.30. The SMILES string of the molecule is CCCCCCCCCCCCCCCCCCCCCCCCC(=O)O[C@H](COC(=O)CCCCCCCCCCCCCCCCCC)COP(=O)(O)OC[C@@H](O)COP(=O)(O)OC[C@@H](COC(=O)CCCCCCCCC)OC(=O)CCCCCCCCCCCCC(C)C. The highest BCUT2D eigenvalue weighted by Gasteiger charge is 2.30. The predicted octanol–water partition coefficient (Wildman–Crippen LogP) is 23.6. The highest BCUT2D eigenvalue weighted by atomic mass is 31.2. The number of hydrogen-bond acceptors (Lipinski definition) is 15. The third-order valence-electron chi connectivity index (χ3n) is 18.5. The van der Waals surface area contributed by atoms with Gasteiger partial charge in [0.25, 0.3) is 0 Å². The van der Waals surface area contributed by atoms with Crippen molar-refractivity contribution in [1.82, 2.24) is 0 Å². The van der Waals surface area contributed by atoms with Gasteiger partial charge in [0.15, 0.2) is 12.2 Å². The monoisotopic (exact) mass is 1440 g/mol. The van der Waals surface area contributed by atoms with Crippen molar-refractivity contribution < 1.29 is 80.2 Å². The fourth-order valence-electron chi connectivity index (χ4n) is 12.2. The summed E-state index contributed by atoms with van der Waals surface area (Å²) in [6.07, 6.45) is 62.7. The first kappa shape index (κ1) is 96.1. The molecule has 0 aromatic heterocycles. The Hall–Kier alpha value is -1.94. The molecule has 0 saturated carbocycles. The highest BCUT2D eigenvalue weighted by molar-refractivity contribution is 7.47. The van der Waals surface area contributed by atoms with Gasteiger partial charge in [0.2, 0.25) is 0 Å². The Morgan fingerprint density at radius 2 is 0.469 bits per heavy atom. The van der Waals surface area contributed by atoms with Crippen molar-refractivity contribution >= 4 is 39.5 Å². The van der Waals surface area contributed by atoms with E-state index in [9.17, 15) is 43.2 Å². The summed E-state index contributed by atoms with van der Waals surface area (Å²) < 4.78 is 68.5. The molecule has 0 aromatic carbocycles. The molecule has 0 bridgehead atoms. The van der Waals surface area contributed by atoms with Crippen LogP contribution >= 0.6 is 15.6 Å². The van der Waals surface area contributed by atoms with Crippen molar-refractivity contribution in [2.45, 2.75) is 438 Å². The lowest BCUT2D eigenvalue weighted by atomic mass is 10.0. The van der Waals surface area contributed by atoms with Gasteiger partial charge in [-0.05, 0) is 31.6 Å². The Kier molecular flexibility index (Phi) is 70.6. The van der Waals surface area contributed by atoms with Crippen molar-refractivity contribution in [3.8, 4) is 0 Å². The minimum Gasteiger partial charge on any atom is -0.462 e. The molecule has 0 saturated heterocycles. The average molecular weight is 1440 g/mol. The Morgan fingerprint density at radius 3 is 0.694 bits per heavy atom. The number of carbonyl (C=O) groups is 4. The molecule has 582 valence electrons. The number of rotatable bonds is 79. The molecule has 0 radical (unpaired) electrons. The fourth-order valence-corrected chi connectivity index (χ4v) is 13.8. The summed E-state index contributed by atoms with van der Waals surface area (Å²) in [6, 6.07) is 0. The normalized spacial score (nSPS) is 13.9. The van der Waals surface area contributed by atoms with Crippen LogP contribution in [0.15, 0.2) is 0 Å². The van der Waals surface area contributed by atoms with E-state index in [-0.39, 0.29) is 25.7 Å². The van der Waals surface area contributed by atoms with Gasteiger partial charge in [-0.15, -0.1) is 0 Å². The topological polar surface area (TPSA) is 237 Å². The summed E-state index contributed by atoms with van der Waals surface area (Å²) in [5.41, 5.74) is 0. The quantitative estimate of drug-likeness (QED) is 0.0222. The average Bonchev–Trinajstić information content (AvgIpc) is 0.970. The van der Waals surface area contributed by atoms with E-state index >= 15 is 0 Å². The zero-order valence-corrected chi connectivity index (χ0v) is 65.7. The van der Waals surface area contributed by atoms with Crippen LogP contribution in [0.2, 0.25) is 0 Å². The molecular formula is C79H154O17P2. The number of aliphatic hydroxyl groups is 1. The number of phosphoric acid groups is 2. The first-order valence-corrected chi connectivity index (χ1v) is 44.1. The summed E-state index contributed by atoms with van der Waals surface area (Å²) in [5.74, 6) is -1.36. The molecule has 3 N–H and O–H groups in total. The van der Waals surface area contributed by atoms with Crippen LogP contribution in [0.4, 0.5) is 0 Å². The Labute approximate surface area is 600 Å². The predicted molar refractivity (Wildman–Crippen MR) is 400 cm³/mol. The highest BCUT2D eigenvalue weighted by Crippen LogP contribution is 2.45. The van der Waals surface area contributed by atoms with E-state index in [1.807, 2.05) is 0 Å². The van der Waals surface area contributed by atoms with Gasteiger partial charge in [-0.2, -0.15) is 0 Å². The van der Waals surface area contributed by atoms with Crippen LogP contribution < -0.4 is 0 Å². The number of esters is 4. The number of aliphatic hydroxyl groups excluding tert-OH is 1. The Balaban J connectivity index is 5.16. The fraction of sp³-hybridized carbons (Fsp3) is 0.949. The molecule has 0 amide bonds. The van der Waals surface area contributed by atoms with Crippen molar-refractivity contribution in [3.05, 3.63) is 0 Å². The third kappa shape index (κ3) is 72.4. The van der Waals surface area contributed by atoms with Crippen molar-refractivity contribution in [3.63, 3.8) is 0 Å². The van der Waals surface area contributed by atoms with Crippen LogP contribution in [-0.4, -0.2) is 96.7 Å². The molecule has 0 spiro atoms. The Morgan fingerprint density at radius 1 is 0.276 bits per heavy atom. The van der Waals surface area contributed by atoms with E-state index in [2.05, 4.69) is 34.6 Å². The summed E-state index contributed by atoms with van der Waals surface area (Å²) in [7, 11) is -9.91. The molecule has 5 atom stereocenters. The van der Waals surface area contributed by atoms with E-state index in [0.717, 1.165) is 109 Å². The first-order valence-electron chi connectivity index (χ1n) is 41.1. The molecule has 0 aliphatic carbocycles. The second-order valence-corrected chi connectivity index (χ2v) is 31.8. The second-order valence-electron chi connectivity index (χ2n) is 28.9. The minimum absolute atomic E-state index is 0.106. The van der Waals surface area contributed by atoms with Crippen molar-refractivity contribution in [2.75, 3.05) is 39.6 Å². The molecule has 17 nitrogen and oxygen atoms in total. The first-order chi connectivity index (χ1) is 47.5. The van der Waals surface area contributed by atoms with Gasteiger partial charge in [-0.3, -0.25) is 37.3 Å². The maximum atomic E-state index is 13.1. The molecule has 0 aliphatic heterocycles. The van der Waals surface area contributed by atoms with Gasteiger partial charge in [0.1, 0.15) is 19.3 Å². The largest absolute Gasteiger partial charge is 0.472 e. The molecule has 98 heavy (non-hydrogen) atoms. The molecule has 2 unspecified atom stereocenters. The number of ether oxygens (including phenoxy) is 4. The van der Waals surface area contributed by atoms with Gasteiger partial charge in [0, 0.05) is 25.7 Å². The summed E-state index contributed by atoms with van der Waals surface area (Å²) in [5, 5.41) is 10.6. The molecule has 19 heteroatoms. The number of phosphoric ester groups is 2. The lowest BCUT2D eigenvalue weighted by molar-refractivity contribution is -0.161. The van der Waals surface area contributed by atoms with Gasteiger partial charge >= 0.3 is 39.5 Å². The number of carbonyl (C=O) groups excluding carboxylic acids is 4. The zero-order chi connectivity index (χ0) is 71.9. The summed E-state index contributed by atoms with van der Waals surface area (Å²) in [4.78, 5) is 72.8. The smallest absolute Gasteiger partial charge is 0.462 e. The third-order valence-corrected chi connectivity index (χ3v) is 20.4. The van der Waals surface area contributed by atoms with E-state index in [1.165, 1.54) is 231 Å². The van der Waals surface area contributed by atoms with Crippen LogP contribution in [0, 0.1) is 5.92 Å². The molecule has 0 aromatic rings. The minimum atomic E-state index is -4.96. The van der Waals surface area contributed by atoms with E-state index in [0.29, 0.717) is 25.7 Å². The zero-order valence-electron chi connectivity index (χ0n) is 63.9. The van der Waals surface area contributed by atoms with Gasteiger partial charge in [0.05, 0.1) is 26.4 Å². The van der Waals surface area contributed by atoms with Crippen molar-refractivity contribution in [2.24, 2.45) is 5.92 Å². The van der Waals surface area contributed by atoms with Crippen LogP contribution in [0.25, 0.3) is 0 Å². The molecule has 0 rings (SSSR count). The maximum Gasteiger partial charge on any atom is 0.472 e. The second kappa shape index (κ2) is 72.0. The number of unbranched alkanes of at least 4 members (excludes halogenated alkanes) is 51. The van der Waals surface area contributed by atoms with Gasteiger partial charge in [-0.1, -0.05) is 369 Å². The van der Waals surface area contributed by atoms with Gasteiger partial charge in [-0.25, -0.2) is 9.13 Å². The van der Waals surface area contributed by atoms with Crippen molar-refractivity contribution in [1.29, 1.82) is 0 Å².